The molecule has 0 aliphatic rings. The van der Waals surface area contributed by atoms with Gasteiger partial charge < -0.3 is 15.2 Å². The molecule has 0 saturated heterocycles. The van der Waals surface area contributed by atoms with Crippen LogP contribution in [0.3, 0.4) is 0 Å². The van der Waals surface area contributed by atoms with E-state index in [0.717, 1.165) is 30.0 Å². The molecule has 6 heteroatoms. The Bertz CT molecular complexity index is 904. The lowest BCUT2D eigenvalue weighted by atomic mass is 9.99. The maximum absolute atomic E-state index is 12.3. The third kappa shape index (κ3) is 4.76. The van der Waals surface area contributed by atoms with Gasteiger partial charge in [0.15, 0.2) is 0 Å². The van der Waals surface area contributed by atoms with E-state index in [1.54, 1.807) is 13.8 Å². The fourth-order valence-electron chi connectivity index (χ4n) is 3.23. The van der Waals surface area contributed by atoms with Gasteiger partial charge in [-0.1, -0.05) is 0 Å². The number of H-pyrrole nitrogens is 1. The van der Waals surface area contributed by atoms with E-state index in [1.165, 1.54) is 0 Å². The third-order valence-electron chi connectivity index (χ3n) is 4.80. The third-order valence-corrected chi connectivity index (χ3v) is 4.80. The van der Waals surface area contributed by atoms with E-state index >= 15 is 0 Å². The number of hydrogen-bond donors (Lipinski definition) is 2. The minimum absolute atomic E-state index is 0.103. The summed E-state index contributed by atoms with van der Waals surface area (Å²) in [6.45, 7) is 9.62. The number of anilines is 2. The molecule has 0 atom stereocenters. The number of pyridine rings is 1. The quantitative estimate of drug-likeness (QED) is 0.787. The number of nitrogens with one attached hydrogen (secondary N) is 2. The molecule has 27 heavy (non-hydrogen) atoms. The molecule has 0 bridgehead atoms. The number of benzene rings is 1. The van der Waals surface area contributed by atoms with Crippen molar-refractivity contribution in [1.82, 2.24) is 4.98 Å². The Kier molecular flexibility index (Phi) is 6.78. The van der Waals surface area contributed by atoms with Crippen molar-refractivity contribution >= 4 is 17.3 Å². The highest BCUT2D eigenvalue weighted by molar-refractivity contribution is 5.91. The smallest absolute Gasteiger partial charge is 0.266 e. The molecule has 1 heterocycles. The summed E-state index contributed by atoms with van der Waals surface area (Å²) in [5.41, 5.74) is 3.81. The molecular formula is C21H26N4O2. The molecule has 0 fully saturated rings. The number of aromatic amines is 1. The minimum atomic E-state index is -0.381. The molecule has 0 spiro atoms. The number of hydrogen-bond acceptors (Lipinski definition) is 4. The Morgan fingerprint density at radius 2 is 1.81 bits per heavy atom. The zero-order valence-corrected chi connectivity index (χ0v) is 16.3. The van der Waals surface area contributed by atoms with Crippen molar-refractivity contribution in [2.75, 3.05) is 23.3 Å². The molecule has 0 unspecified atom stereocenters. The van der Waals surface area contributed by atoms with Gasteiger partial charge in [-0.15, -0.1) is 0 Å². The van der Waals surface area contributed by atoms with Gasteiger partial charge in [-0.2, -0.15) is 5.26 Å². The van der Waals surface area contributed by atoms with E-state index in [4.69, 9.17) is 5.26 Å². The zero-order chi connectivity index (χ0) is 20.0. The monoisotopic (exact) mass is 366 g/mol. The van der Waals surface area contributed by atoms with Crippen molar-refractivity contribution in [3.05, 3.63) is 57.0 Å². The fraction of sp³-hybridized carbons (Fsp3) is 0.381. The van der Waals surface area contributed by atoms with Crippen LogP contribution in [-0.2, 0) is 11.2 Å². The van der Waals surface area contributed by atoms with Crippen LogP contribution in [0.15, 0.2) is 29.1 Å². The van der Waals surface area contributed by atoms with Gasteiger partial charge in [0, 0.05) is 36.6 Å². The molecule has 1 aromatic heterocycles. The van der Waals surface area contributed by atoms with Crippen LogP contribution in [0.25, 0.3) is 0 Å². The Balaban J connectivity index is 2.03. The van der Waals surface area contributed by atoms with Gasteiger partial charge in [-0.3, -0.25) is 9.59 Å². The molecule has 1 aromatic carbocycles. The van der Waals surface area contributed by atoms with Crippen LogP contribution in [-0.4, -0.2) is 24.0 Å². The topological polar surface area (TPSA) is 89.0 Å². The highest BCUT2D eigenvalue weighted by Gasteiger charge is 2.13. The maximum atomic E-state index is 12.3. The predicted molar refractivity (Wildman–Crippen MR) is 108 cm³/mol. The van der Waals surface area contributed by atoms with E-state index < -0.39 is 0 Å². The average Bonchev–Trinajstić information content (AvgIpc) is 2.64. The minimum Gasteiger partial charge on any atom is -0.372 e. The van der Waals surface area contributed by atoms with Crippen molar-refractivity contribution in [2.45, 2.75) is 40.5 Å². The van der Waals surface area contributed by atoms with Gasteiger partial charge in [-0.05, 0) is 69.5 Å². The molecule has 0 radical (unpaired) electrons. The number of carbonyl (C=O) groups is 1. The molecule has 2 N–H and O–H groups in total. The molecule has 2 rings (SSSR count). The normalized spacial score (nSPS) is 10.3. The summed E-state index contributed by atoms with van der Waals surface area (Å²) in [6.07, 6.45) is 0.739. The second kappa shape index (κ2) is 9.04. The Morgan fingerprint density at radius 1 is 1.19 bits per heavy atom. The van der Waals surface area contributed by atoms with Gasteiger partial charge in [0.1, 0.15) is 11.6 Å². The van der Waals surface area contributed by atoms with Gasteiger partial charge >= 0.3 is 0 Å². The number of rotatable bonds is 7. The second-order valence-corrected chi connectivity index (χ2v) is 6.44. The summed E-state index contributed by atoms with van der Waals surface area (Å²) in [7, 11) is 0. The maximum Gasteiger partial charge on any atom is 0.266 e. The van der Waals surface area contributed by atoms with Crippen molar-refractivity contribution in [3.63, 3.8) is 0 Å². The lowest BCUT2D eigenvalue weighted by Crippen LogP contribution is -2.21. The number of amides is 1. The molecule has 6 nitrogen and oxygen atoms in total. The molecule has 1 amide bonds. The molecule has 0 saturated carbocycles. The molecule has 0 aliphatic carbocycles. The van der Waals surface area contributed by atoms with Crippen LogP contribution in [0.5, 0.6) is 0 Å². The molecular weight excluding hydrogens is 340 g/mol. The number of aromatic nitrogens is 1. The van der Waals surface area contributed by atoms with E-state index in [2.05, 4.69) is 29.0 Å². The molecule has 142 valence electrons. The largest absolute Gasteiger partial charge is 0.372 e. The average molecular weight is 366 g/mol. The predicted octanol–water partition coefficient (Wildman–Crippen LogP) is 3.28. The number of nitriles is 1. The van der Waals surface area contributed by atoms with E-state index in [9.17, 15) is 9.59 Å². The van der Waals surface area contributed by atoms with E-state index in [-0.39, 0.29) is 23.5 Å². The molecule has 0 aliphatic heterocycles. The first-order chi connectivity index (χ1) is 12.9. The summed E-state index contributed by atoms with van der Waals surface area (Å²) in [4.78, 5) is 29.0. The summed E-state index contributed by atoms with van der Waals surface area (Å²) in [5.74, 6) is -0.103. The summed E-state index contributed by atoms with van der Waals surface area (Å²) in [5, 5.41) is 12.0. The van der Waals surface area contributed by atoms with Gasteiger partial charge in [0.2, 0.25) is 5.91 Å². The van der Waals surface area contributed by atoms with Crippen molar-refractivity contribution in [2.24, 2.45) is 0 Å². The number of aryl methyl sites for hydroxylation is 1. The summed E-state index contributed by atoms with van der Waals surface area (Å²) in [6, 6.07) is 9.73. The highest BCUT2D eigenvalue weighted by Crippen LogP contribution is 2.19. The Morgan fingerprint density at radius 3 is 2.37 bits per heavy atom. The van der Waals surface area contributed by atoms with E-state index in [1.807, 2.05) is 30.3 Å². The van der Waals surface area contributed by atoms with Crippen LogP contribution < -0.4 is 15.8 Å². The number of carbonyl (C=O) groups excluding carboxylic acids is 1. The molecule has 2 aromatic rings. The SMILES string of the molecule is CCN(CC)c1ccc(NC(=O)CCc2c(C)[nH]c(=O)c(C#N)c2C)cc1. The lowest BCUT2D eigenvalue weighted by Gasteiger charge is -2.21. The van der Waals surface area contributed by atoms with E-state index in [0.29, 0.717) is 17.7 Å². The Hall–Kier alpha value is -3.07. The Labute approximate surface area is 159 Å². The first-order valence-electron chi connectivity index (χ1n) is 9.18. The van der Waals surface area contributed by atoms with Crippen LogP contribution in [0, 0.1) is 25.2 Å². The fourth-order valence-corrected chi connectivity index (χ4v) is 3.23. The van der Waals surface area contributed by atoms with Gasteiger partial charge in [0.25, 0.3) is 5.56 Å². The van der Waals surface area contributed by atoms with Crippen molar-refractivity contribution in [1.29, 1.82) is 5.26 Å². The van der Waals surface area contributed by atoms with Gasteiger partial charge in [0.05, 0.1) is 0 Å². The highest BCUT2D eigenvalue weighted by atomic mass is 16.1. The standard InChI is InChI=1S/C21H26N4O2/c1-5-25(6-2)17-9-7-16(8-10-17)24-20(26)12-11-18-14(3)19(13-22)21(27)23-15(18)4/h7-10H,5-6,11-12H2,1-4H3,(H,23,27)(H,24,26). The van der Waals surface area contributed by atoms with Crippen LogP contribution in [0.4, 0.5) is 11.4 Å². The lowest BCUT2D eigenvalue weighted by molar-refractivity contribution is -0.116. The zero-order valence-electron chi connectivity index (χ0n) is 16.3. The second-order valence-electron chi connectivity index (χ2n) is 6.44. The van der Waals surface area contributed by atoms with Gasteiger partial charge in [-0.25, -0.2) is 0 Å². The van der Waals surface area contributed by atoms with Crippen molar-refractivity contribution < 1.29 is 4.79 Å². The number of nitrogens with zero attached hydrogens (tertiary/aromatic N) is 2. The van der Waals surface area contributed by atoms with Crippen LogP contribution in [0.1, 0.15) is 42.7 Å². The van der Waals surface area contributed by atoms with Crippen molar-refractivity contribution in [3.8, 4) is 6.07 Å². The first-order valence-corrected chi connectivity index (χ1v) is 9.18. The van der Waals surface area contributed by atoms with Crippen LogP contribution >= 0.6 is 0 Å². The van der Waals surface area contributed by atoms with Crippen LogP contribution in [0.2, 0.25) is 0 Å². The summed E-state index contributed by atoms with van der Waals surface area (Å²) >= 11 is 0. The summed E-state index contributed by atoms with van der Waals surface area (Å²) < 4.78 is 0. The first kappa shape index (κ1) is 20.2.